The molecular formula is C13H25F3IN3O. The van der Waals surface area contributed by atoms with Crippen LogP contribution in [0.5, 0.6) is 0 Å². The molecule has 0 saturated carbocycles. The van der Waals surface area contributed by atoms with E-state index in [0.29, 0.717) is 18.9 Å². The lowest BCUT2D eigenvalue weighted by molar-refractivity contribution is -0.135. The van der Waals surface area contributed by atoms with Crippen LogP contribution in [0.4, 0.5) is 13.2 Å². The van der Waals surface area contributed by atoms with Gasteiger partial charge in [0, 0.05) is 46.1 Å². The van der Waals surface area contributed by atoms with Crippen LogP contribution >= 0.6 is 24.0 Å². The van der Waals surface area contributed by atoms with Crippen molar-refractivity contribution in [3.63, 3.8) is 0 Å². The summed E-state index contributed by atoms with van der Waals surface area (Å²) in [5, 5.41) is 3.10. The van der Waals surface area contributed by atoms with Gasteiger partial charge in [-0.2, -0.15) is 13.2 Å². The second-order valence-corrected chi connectivity index (χ2v) is 5.16. The molecule has 1 fully saturated rings. The van der Waals surface area contributed by atoms with Gasteiger partial charge in [0.05, 0.1) is 6.61 Å². The third-order valence-electron chi connectivity index (χ3n) is 3.30. The Kier molecular flexibility index (Phi) is 10.3. The molecule has 8 heteroatoms. The van der Waals surface area contributed by atoms with E-state index in [9.17, 15) is 13.2 Å². The average molecular weight is 423 g/mol. The van der Waals surface area contributed by atoms with Crippen molar-refractivity contribution < 1.29 is 17.9 Å². The summed E-state index contributed by atoms with van der Waals surface area (Å²) in [4.78, 5) is 6.15. The van der Waals surface area contributed by atoms with Gasteiger partial charge in [-0.15, -0.1) is 24.0 Å². The van der Waals surface area contributed by atoms with Crippen molar-refractivity contribution in [2.24, 2.45) is 10.9 Å². The van der Waals surface area contributed by atoms with Crippen LogP contribution in [0.15, 0.2) is 4.99 Å². The Morgan fingerprint density at radius 1 is 1.38 bits per heavy atom. The fourth-order valence-corrected chi connectivity index (χ4v) is 2.24. The van der Waals surface area contributed by atoms with Crippen molar-refractivity contribution in [3.05, 3.63) is 0 Å². The van der Waals surface area contributed by atoms with Gasteiger partial charge in [-0.3, -0.25) is 4.99 Å². The summed E-state index contributed by atoms with van der Waals surface area (Å²) in [6, 6.07) is 0. The van der Waals surface area contributed by atoms with Gasteiger partial charge in [0.25, 0.3) is 0 Å². The molecule has 1 saturated heterocycles. The molecule has 21 heavy (non-hydrogen) atoms. The molecule has 1 atom stereocenters. The van der Waals surface area contributed by atoms with E-state index in [1.807, 2.05) is 11.9 Å². The number of hydrogen-bond acceptors (Lipinski definition) is 2. The van der Waals surface area contributed by atoms with Crippen LogP contribution in [-0.4, -0.2) is 57.4 Å². The molecule has 1 heterocycles. The summed E-state index contributed by atoms with van der Waals surface area (Å²) in [6.07, 6.45) is -3.09. The first-order valence-electron chi connectivity index (χ1n) is 6.98. The monoisotopic (exact) mass is 423 g/mol. The lowest BCUT2D eigenvalue weighted by Gasteiger charge is -2.24. The zero-order chi connectivity index (χ0) is 15.0. The van der Waals surface area contributed by atoms with Crippen LogP contribution in [0.25, 0.3) is 0 Å². The Morgan fingerprint density at radius 3 is 2.62 bits per heavy atom. The molecule has 0 aromatic rings. The topological polar surface area (TPSA) is 36.9 Å². The first-order chi connectivity index (χ1) is 9.42. The molecule has 1 unspecified atom stereocenters. The maximum absolute atomic E-state index is 12.0. The number of aliphatic imine (C=N–C) groups is 1. The number of ether oxygens (including phenoxy) is 1. The Bertz CT molecular complexity index is 308. The third-order valence-corrected chi connectivity index (χ3v) is 3.30. The minimum atomic E-state index is -4.05. The summed E-state index contributed by atoms with van der Waals surface area (Å²) in [5.41, 5.74) is 0. The van der Waals surface area contributed by atoms with Gasteiger partial charge in [-0.25, -0.2) is 0 Å². The summed E-state index contributed by atoms with van der Waals surface area (Å²) in [7, 11) is 3.61. The standard InChI is InChI=1S/C13H24F3N3O.HI/c1-17-12(18-7-4-3-6-13(14,15)16)19(2)9-11-5-8-20-10-11;/h11H,3-10H2,1-2H3,(H,17,18);1H. The van der Waals surface area contributed by atoms with Crippen molar-refractivity contribution in [2.45, 2.75) is 31.9 Å². The molecule has 126 valence electrons. The van der Waals surface area contributed by atoms with E-state index in [1.54, 1.807) is 7.05 Å². The summed E-state index contributed by atoms with van der Waals surface area (Å²) < 4.78 is 41.3. The maximum Gasteiger partial charge on any atom is 0.389 e. The van der Waals surface area contributed by atoms with Crippen molar-refractivity contribution >= 4 is 29.9 Å². The largest absolute Gasteiger partial charge is 0.389 e. The van der Waals surface area contributed by atoms with Crippen molar-refractivity contribution in [1.29, 1.82) is 0 Å². The predicted octanol–water partition coefficient (Wildman–Crippen LogP) is 2.88. The van der Waals surface area contributed by atoms with E-state index >= 15 is 0 Å². The lowest BCUT2D eigenvalue weighted by atomic mass is 10.1. The third kappa shape index (κ3) is 9.38. The second-order valence-electron chi connectivity index (χ2n) is 5.16. The summed E-state index contributed by atoms with van der Waals surface area (Å²) in [5.74, 6) is 1.23. The zero-order valence-electron chi connectivity index (χ0n) is 12.6. The van der Waals surface area contributed by atoms with Gasteiger partial charge in [0.1, 0.15) is 0 Å². The number of nitrogens with one attached hydrogen (secondary N) is 1. The van der Waals surface area contributed by atoms with Crippen molar-refractivity contribution in [2.75, 3.05) is 40.4 Å². The molecule has 1 rings (SSSR count). The smallest absolute Gasteiger partial charge is 0.381 e. The molecule has 0 aliphatic carbocycles. The van der Waals surface area contributed by atoms with Crippen molar-refractivity contribution in [1.82, 2.24) is 10.2 Å². The van der Waals surface area contributed by atoms with Crippen LogP contribution in [0, 0.1) is 5.92 Å². The molecule has 0 aromatic heterocycles. The Balaban J connectivity index is 0.00000400. The molecule has 1 aliphatic rings. The highest BCUT2D eigenvalue weighted by Crippen LogP contribution is 2.21. The molecule has 0 bridgehead atoms. The zero-order valence-corrected chi connectivity index (χ0v) is 14.9. The fourth-order valence-electron chi connectivity index (χ4n) is 2.24. The molecule has 1 aliphatic heterocycles. The van der Waals surface area contributed by atoms with Crippen LogP contribution in [0.1, 0.15) is 25.7 Å². The molecular weight excluding hydrogens is 398 g/mol. The summed E-state index contributed by atoms with van der Waals surface area (Å²) in [6.45, 7) is 2.94. The number of hydrogen-bond donors (Lipinski definition) is 1. The van der Waals surface area contributed by atoms with E-state index in [0.717, 1.165) is 32.1 Å². The van der Waals surface area contributed by atoms with Gasteiger partial charge in [0.15, 0.2) is 5.96 Å². The number of alkyl halides is 3. The summed E-state index contributed by atoms with van der Waals surface area (Å²) >= 11 is 0. The fraction of sp³-hybridized carbons (Fsp3) is 0.923. The van der Waals surface area contributed by atoms with Crippen LogP contribution in [0.3, 0.4) is 0 Å². The Labute approximate surface area is 141 Å². The maximum atomic E-state index is 12.0. The normalized spacial score (nSPS) is 19.3. The molecule has 0 amide bonds. The predicted molar refractivity (Wildman–Crippen MR) is 88.2 cm³/mol. The number of nitrogens with zero attached hydrogens (tertiary/aromatic N) is 2. The first kappa shape index (κ1) is 20.8. The lowest BCUT2D eigenvalue weighted by Crippen LogP contribution is -2.41. The first-order valence-corrected chi connectivity index (χ1v) is 6.98. The van der Waals surface area contributed by atoms with Crippen molar-refractivity contribution in [3.8, 4) is 0 Å². The number of unbranched alkanes of at least 4 members (excludes halogenated alkanes) is 1. The molecule has 4 nitrogen and oxygen atoms in total. The number of rotatable bonds is 6. The Morgan fingerprint density at radius 2 is 2.10 bits per heavy atom. The Hall–Kier alpha value is -0.250. The minimum absolute atomic E-state index is 0. The average Bonchev–Trinajstić information content (AvgIpc) is 2.85. The van der Waals surface area contributed by atoms with Crippen LogP contribution < -0.4 is 5.32 Å². The highest BCUT2D eigenvalue weighted by Gasteiger charge is 2.25. The molecule has 1 N–H and O–H groups in total. The number of guanidine groups is 1. The van der Waals surface area contributed by atoms with E-state index in [1.165, 1.54) is 0 Å². The van der Waals surface area contributed by atoms with Gasteiger partial charge < -0.3 is 15.0 Å². The van der Waals surface area contributed by atoms with Crippen LogP contribution in [0.2, 0.25) is 0 Å². The molecule has 0 spiro atoms. The van der Waals surface area contributed by atoms with Gasteiger partial charge >= 0.3 is 6.18 Å². The molecule has 0 aromatic carbocycles. The van der Waals surface area contributed by atoms with Gasteiger partial charge in [-0.05, 0) is 19.3 Å². The van der Waals surface area contributed by atoms with Gasteiger partial charge in [-0.1, -0.05) is 0 Å². The van der Waals surface area contributed by atoms with E-state index in [2.05, 4.69) is 10.3 Å². The highest BCUT2D eigenvalue weighted by atomic mass is 127. The molecule has 0 radical (unpaired) electrons. The highest BCUT2D eigenvalue weighted by molar-refractivity contribution is 14.0. The van der Waals surface area contributed by atoms with Gasteiger partial charge in [0.2, 0.25) is 0 Å². The van der Waals surface area contributed by atoms with E-state index < -0.39 is 12.6 Å². The SMILES string of the molecule is CN=C(NCCCCC(F)(F)F)N(C)CC1CCOC1.I. The second kappa shape index (κ2) is 10.5. The van der Waals surface area contributed by atoms with Crippen LogP contribution in [-0.2, 0) is 4.74 Å². The van der Waals surface area contributed by atoms with E-state index in [-0.39, 0.29) is 30.4 Å². The van der Waals surface area contributed by atoms with E-state index in [4.69, 9.17) is 4.74 Å². The minimum Gasteiger partial charge on any atom is -0.381 e. The quantitative estimate of drug-likeness (QED) is 0.309. The number of halogens is 4.